The van der Waals surface area contributed by atoms with Gasteiger partial charge < -0.3 is 15.7 Å². The average molecular weight is 407 g/mol. The third-order valence-electron chi connectivity index (χ3n) is 4.88. The lowest BCUT2D eigenvalue weighted by Crippen LogP contribution is -2.30. The maximum Gasteiger partial charge on any atom is 0.274 e. The number of nitro benzene ring substituents is 1. The van der Waals surface area contributed by atoms with E-state index in [1.807, 2.05) is 44.2 Å². The number of aliphatic hydroxyl groups is 1. The fraction of sp³-hybridized carbons (Fsp3) is 0.273. The van der Waals surface area contributed by atoms with E-state index >= 15 is 0 Å². The van der Waals surface area contributed by atoms with Crippen molar-refractivity contribution in [1.82, 2.24) is 9.97 Å². The van der Waals surface area contributed by atoms with Crippen molar-refractivity contribution in [3.05, 3.63) is 70.3 Å². The molecule has 0 radical (unpaired) electrons. The van der Waals surface area contributed by atoms with Gasteiger partial charge in [0.25, 0.3) is 5.69 Å². The van der Waals surface area contributed by atoms with Crippen LogP contribution in [0.5, 0.6) is 0 Å². The molecule has 0 fully saturated rings. The van der Waals surface area contributed by atoms with Gasteiger partial charge in [-0.15, -0.1) is 0 Å². The van der Waals surface area contributed by atoms with Gasteiger partial charge in [-0.3, -0.25) is 10.1 Å². The third kappa shape index (κ3) is 4.90. The van der Waals surface area contributed by atoms with Crippen LogP contribution in [0.2, 0.25) is 0 Å². The smallest absolute Gasteiger partial charge is 0.274 e. The van der Waals surface area contributed by atoms with Crippen molar-refractivity contribution in [2.24, 2.45) is 5.92 Å². The Labute approximate surface area is 175 Å². The summed E-state index contributed by atoms with van der Waals surface area (Å²) < 4.78 is 0. The molecule has 1 aromatic heterocycles. The largest absolute Gasteiger partial charge is 0.394 e. The molecule has 0 amide bonds. The van der Waals surface area contributed by atoms with E-state index in [9.17, 15) is 15.2 Å². The number of anilines is 3. The van der Waals surface area contributed by atoms with Crippen LogP contribution in [0.1, 0.15) is 19.4 Å². The van der Waals surface area contributed by atoms with Crippen LogP contribution >= 0.6 is 0 Å². The van der Waals surface area contributed by atoms with Gasteiger partial charge in [-0.05, 0) is 18.9 Å². The van der Waals surface area contributed by atoms with E-state index in [-0.39, 0.29) is 24.3 Å². The minimum Gasteiger partial charge on any atom is -0.394 e. The lowest BCUT2D eigenvalue weighted by Gasteiger charge is -2.21. The number of aliphatic hydroxyl groups excluding tert-OH is 1. The van der Waals surface area contributed by atoms with Crippen molar-refractivity contribution in [3.63, 3.8) is 0 Å². The molecule has 3 rings (SSSR count). The quantitative estimate of drug-likeness (QED) is 0.371. The Morgan fingerprint density at radius 3 is 2.47 bits per heavy atom. The van der Waals surface area contributed by atoms with Gasteiger partial charge in [0, 0.05) is 23.4 Å². The second kappa shape index (κ2) is 9.32. The molecule has 3 N–H and O–H groups in total. The Hall–Kier alpha value is -3.52. The molecule has 0 aliphatic rings. The van der Waals surface area contributed by atoms with Gasteiger partial charge in [-0.25, -0.2) is 4.98 Å². The average Bonchev–Trinajstić information content (AvgIpc) is 2.73. The van der Waals surface area contributed by atoms with Crippen LogP contribution in [0.3, 0.4) is 0 Å². The summed E-state index contributed by atoms with van der Waals surface area (Å²) >= 11 is 0. The fourth-order valence-corrected chi connectivity index (χ4v) is 3.02. The van der Waals surface area contributed by atoms with Gasteiger partial charge in [0.05, 0.1) is 28.8 Å². The van der Waals surface area contributed by atoms with Crippen molar-refractivity contribution in [1.29, 1.82) is 0 Å². The number of aromatic nitrogens is 2. The maximum atomic E-state index is 11.3. The first kappa shape index (κ1) is 21.2. The van der Waals surface area contributed by atoms with Crippen molar-refractivity contribution in [2.45, 2.75) is 26.8 Å². The van der Waals surface area contributed by atoms with E-state index in [1.54, 1.807) is 25.1 Å². The molecule has 8 nitrogen and oxygen atoms in total. The highest BCUT2D eigenvalue weighted by molar-refractivity contribution is 5.70. The third-order valence-corrected chi connectivity index (χ3v) is 4.88. The number of hydrogen-bond donors (Lipinski definition) is 3. The van der Waals surface area contributed by atoms with E-state index in [4.69, 9.17) is 0 Å². The Morgan fingerprint density at radius 2 is 1.83 bits per heavy atom. The fourth-order valence-electron chi connectivity index (χ4n) is 3.02. The normalized spacial score (nSPS) is 11.9. The van der Waals surface area contributed by atoms with Crippen LogP contribution in [-0.2, 0) is 0 Å². The Kier molecular flexibility index (Phi) is 6.58. The molecule has 30 heavy (non-hydrogen) atoms. The molecular weight excluding hydrogens is 382 g/mol. The van der Waals surface area contributed by atoms with Crippen LogP contribution in [0, 0.1) is 23.0 Å². The van der Waals surface area contributed by atoms with Gasteiger partial charge in [-0.2, -0.15) is 4.98 Å². The van der Waals surface area contributed by atoms with E-state index < -0.39 is 4.92 Å². The Bertz CT molecular complexity index is 1020. The Morgan fingerprint density at radius 1 is 1.10 bits per heavy atom. The molecule has 1 heterocycles. The predicted molar refractivity (Wildman–Crippen MR) is 118 cm³/mol. The van der Waals surface area contributed by atoms with Gasteiger partial charge in [0.2, 0.25) is 5.95 Å². The second-order valence-corrected chi connectivity index (χ2v) is 7.34. The molecule has 3 aromatic rings. The number of nitro groups is 1. The van der Waals surface area contributed by atoms with E-state index in [0.717, 1.165) is 5.56 Å². The molecule has 8 heteroatoms. The molecule has 0 aliphatic heterocycles. The molecule has 0 bridgehead atoms. The lowest BCUT2D eigenvalue weighted by molar-refractivity contribution is -0.385. The molecule has 2 aromatic carbocycles. The van der Waals surface area contributed by atoms with Crippen LogP contribution in [0.4, 0.5) is 23.1 Å². The van der Waals surface area contributed by atoms with Crippen molar-refractivity contribution in [3.8, 4) is 11.3 Å². The lowest BCUT2D eigenvalue weighted by atomic mass is 10.1. The monoisotopic (exact) mass is 407 g/mol. The number of nitrogens with one attached hydrogen (secondary N) is 2. The first-order chi connectivity index (χ1) is 14.4. The molecule has 0 spiro atoms. The molecule has 0 unspecified atom stereocenters. The van der Waals surface area contributed by atoms with Crippen molar-refractivity contribution >= 4 is 23.1 Å². The summed E-state index contributed by atoms with van der Waals surface area (Å²) in [6, 6.07) is 16.1. The molecule has 0 aliphatic carbocycles. The summed E-state index contributed by atoms with van der Waals surface area (Å²) in [7, 11) is 0. The molecule has 0 saturated carbocycles. The zero-order valence-corrected chi connectivity index (χ0v) is 17.2. The zero-order chi connectivity index (χ0) is 21.7. The summed E-state index contributed by atoms with van der Waals surface area (Å²) in [6.45, 7) is 5.64. The van der Waals surface area contributed by atoms with E-state index in [1.165, 1.54) is 6.07 Å². The number of hydrogen-bond acceptors (Lipinski definition) is 7. The van der Waals surface area contributed by atoms with E-state index in [0.29, 0.717) is 28.7 Å². The summed E-state index contributed by atoms with van der Waals surface area (Å²) in [5.74, 6) is 1.04. The first-order valence-electron chi connectivity index (χ1n) is 9.72. The highest BCUT2D eigenvalue weighted by atomic mass is 16.6. The van der Waals surface area contributed by atoms with E-state index in [2.05, 4.69) is 20.6 Å². The minimum absolute atomic E-state index is 0.0378. The van der Waals surface area contributed by atoms with Crippen LogP contribution in [0.15, 0.2) is 54.6 Å². The summed E-state index contributed by atoms with van der Waals surface area (Å²) in [5.41, 5.74) is 2.75. The van der Waals surface area contributed by atoms with Gasteiger partial charge in [0.15, 0.2) is 0 Å². The molecular formula is C22H25N5O3. The van der Waals surface area contributed by atoms with Gasteiger partial charge >= 0.3 is 0 Å². The maximum absolute atomic E-state index is 11.3. The molecule has 156 valence electrons. The van der Waals surface area contributed by atoms with Crippen LogP contribution in [0.25, 0.3) is 11.3 Å². The summed E-state index contributed by atoms with van der Waals surface area (Å²) in [6.07, 6.45) is 0. The second-order valence-electron chi connectivity index (χ2n) is 7.34. The van der Waals surface area contributed by atoms with Crippen LogP contribution in [-0.4, -0.2) is 32.6 Å². The van der Waals surface area contributed by atoms with Crippen molar-refractivity contribution in [2.75, 3.05) is 17.2 Å². The molecule has 1 atom stereocenters. The predicted octanol–water partition coefficient (Wildman–Crippen LogP) is 4.53. The standard InChI is InChI=1S/C22H25N5O3/c1-14(2)19(13-28)25-22-24-18(16-8-5-4-6-9-16)12-21(26-22)23-17-10-7-11-20(15(17)3)27(29)30/h4-12,14,19,28H,13H2,1-3H3,(H2,23,24,25,26)/t19-/m1/s1. The topological polar surface area (TPSA) is 113 Å². The number of benzene rings is 2. The summed E-state index contributed by atoms with van der Waals surface area (Å²) in [4.78, 5) is 20.0. The minimum atomic E-state index is -0.405. The van der Waals surface area contributed by atoms with Gasteiger partial charge in [0.1, 0.15) is 5.82 Å². The SMILES string of the molecule is Cc1c(Nc2cc(-c3ccccc3)nc(N[C@H](CO)C(C)C)n2)cccc1[N+](=O)[O-]. The highest BCUT2D eigenvalue weighted by Crippen LogP contribution is 2.29. The Balaban J connectivity index is 2.02. The first-order valence-corrected chi connectivity index (χ1v) is 9.72. The van der Waals surface area contributed by atoms with Crippen LogP contribution < -0.4 is 10.6 Å². The zero-order valence-electron chi connectivity index (χ0n) is 17.2. The molecule has 0 saturated heterocycles. The summed E-state index contributed by atoms with van der Waals surface area (Å²) in [5, 5.41) is 27.3. The number of nitrogens with zero attached hydrogens (tertiary/aromatic N) is 3. The van der Waals surface area contributed by atoms with Gasteiger partial charge in [-0.1, -0.05) is 50.2 Å². The highest BCUT2D eigenvalue weighted by Gasteiger charge is 2.17. The van der Waals surface area contributed by atoms with Crippen molar-refractivity contribution < 1.29 is 10.0 Å². The number of rotatable bonds is 8.